The molecule has 1 saturated carbocycles. The highest BCUT2D eigenvalue weighted by atomic mass is 79.9. The Bertz CT molecular complexity index is 372. The van der Waals surface area contributed by atoms with Crippen LogP contribution in [0.4, 0.5) is 5.82 Å². The number of allylic oxidation sites excluding steroid dienone is 1. The Labute approximate surface area is 98.1 Å². The van der Waals surface area contributed by atoms with Gasteiger partial charge in [0, 0.05) is 12.7 Å². The van der Waals surface area contributed by atoms with Gasteiger partial charge < -0.3 is 5.32 Å². The highest BCUT2D eigenvalue weighted by Gasteiger charge is 2.16. The SMILES string of the molecule is Cc1ncc(Br)c(NC/C=C/C2CC2)n1. The van der Waals surface area contributed by atoms with Crippen molar-refractivity contribution < 1.29 is 0 Å². The molecular weight excluding hydrogens is 254 g/mol. The maximum atomic E-state index is 4.30. The van der Waals surface area contributed by atoms with Gasteiger partial charge in [0.15, 0.2) is 0 Å². The van der Waals surface area contributed by atoms with E-state index in [4.69, 9.17) is 0 Å². The van der Waals surface area contributed by atoms with E-state index in [2.05, 4.69) is 43.4 Å². The van der Waals surface area contributed by atoms with Crippen molar-refractivity contribution in [1.82, 2.24) is 9.97 Å². The molecule has 2 rings (SSSR count). The van der Waals surface area contributed by atoms with E-state index in [1.807, 2.05) is 6.92 Å². The maximum absolute atomic E-state index is 4.30. The predicted molar refractivity (Wildman–Crippen MR) is 64.8 cm³/mol. The topological polar surface area (TPSA) is 37.8 Å². The van der Waals surface area contributed by atoms with Gasteiger partial charge in [-0.3, -0.25) is 0 Å². The zero-order valence-electron chi connectivity index (χ0n) is 8.70. The van der Waals surface area contributed by atoms with E-state index in [1.54, 1.807) is 6.20 Å². The predicted octanol–water partition coefficient (Wildman–Crippen LogP) is 2.93. The van der Waals surface area contributed by atoms with Crippen molar-refractivity contribution in [1.29, 1.82) is 0 Å². The zero-order valence-corrected chi connectivity index (χ0v) is 10.3. The summed E-state index contributed by atoms with van der Waals surface area (Å²) in [5.74, 6) is 2.48. The molecule has 1 N–H and O–H groups in total. The van der Waals surface area contributed by atoms with E-state index in [1.165, 1.54) is 12.8 Å². The Morgan fingerprint density at radius 2 is 2.40 bits per heavy atom. The lowest BCUT2D eigenvalue weighted by molar-refractivity contribution is 1.03. The first-order chi connectivity index (χ1) is 7.25. The third kappa shape index (κ3) is 3.30. The third-order valence-corrected chi connectivity index (χ3v) is 2.86. The zero-order chi connectivity index (χ0) is 10.7. The van der Waals surface area contributed by atoms with Crippen LogP contribution < -0.4 is 5.32 Å². The van der Waals surface area contributed by atoms with Gasteiger partial charge in [-0.15, -0.1) is 0 Å². The van der Waals surface area contributed by atoms with Gasteiger partial charge >= 0.3 is 0 Å². The number of rotatable bonds is 4. The minimum atomic E-state index is 0.784. The first-order valence-corrected chi connectivity index (χ1v) is 5.94. The monoisotopic (exact) mass is 267 g/mol. The van der Waals surface area contributed by atoms with E-state index in [0.717, 1.165) is 28.6 Å². The summed E-state index contributed by atoms with van der Waals surface area (Å²) in [5, 5.41) is 3.25. The van der Waals surface area contributed by atoms with Crippen molar-refractivity contribution in [3.63, 3.8) is 0 Å². The second-order valence-electron chi connectivity index (χ2n) is 3.76. The fourth-order valence-electron chi connectivity index (χ4n) is 1.28. The molecule has 0 bridgehead atoms. The Morgan fingerprint density at radius 3 is 3.13 bits per heavy atom. The van der Waals surface area contributed by atoms with Gasteiger partial charge in [-0.1, -0.05) is 12.2 Å². The van der Waals surface area contributed by atoms with E-state index in [0.29, 0.717) is 0 Å². The lowest BCUT2D eigenvalue weighted by atomic mass is 10.3. The van der Waals surface area contributed by atoms with Gasteiger partial charge in [-0.25, -0.2) is 9.97 Å². The molecular formula is C11H14BrN3. The molecule has 0 aromatic carbocycles. The summed E-state index contributed by atoms with van der Waals surface area (Å²) in [6.07, 6.45) is 8.92. The van der Waals surface area contributed by atoms with Crippen molar-refractivity contribution >= 4 is 21.7 Å². The fourth-order valence-corrected chi connectivity index (χ4v) is 1.62. The average Bonchev–Trinajstić information content (AvgIpc) is 3.01. The number of aromatic nitrogens is 2. The van der Waals surface area contributed by atoms with Crippen LogP contribution in [0, 0.1) is 12.8 Å². The Balaban J connectivity index is 1.88. The molecule has 1 aromatic heterocycles. The number of nitrogens with zero attached hydrogens (tertiary/aromatic N) is 2. The highest BCUT2D eigenvalue weighted by Crippen LogP contribution is 2.29. The van der Waals surface area contributed by atoms with E-state index < -0.39 is 0 Å². The molecule has 1 fully saturated rings. The van der Waals surface area contributed by atoms with Crippen LogP contribution in [0.2, 0.25) is 0 Å². The molecule has 0 aliphatic heterocycles. The van der Waals surface area contributed by atoms with Crippen LogP contribution in [0.25, 0.3) is 0 Å². The van der Waals surface area contributed by atoms with Crippen LogP contribution in [0.1, 0.15) is 18.7 Å². The van der Waals surface area contributed by atoms with Gasteiger partial charge in [0.25, 0.3) is 0 Å². The molecule has 0 saturated heterocycles. The summed E-state index contributed by atoms with van der Waals surface area (Å²) in [6, 6.07) is 0. The van der Waals surface area contributed by atoms with Crippen LogP contribution in [-0.2, 0) is 0 Å². The molecule has 0 unspecified atom stereocenters. The molecule has 15 heavy (non-hydrogen) atoms. The molecule has 1 aromatic rings. The van der Waals surface area contributed by atoms with E-state index in [9.17, 15) is 0 Å². The smallest absolute Gasteiger partial charge is 0.144 e. The van der Waals surface area contributed by atoms with Crippen LogP contribution in [0.3, 0.4) is 0 Å². The Morgan fingerprint density at radius 1 is 1.60 bits per heavy atom. The molecule has 1 aliphatic carbocycles. The van der Waals surface area contributed by atoms with Crippen LogP contribution in [0.15, 0.2) is 22.8 Å². The first kappa shape index (κ1) is 10.6. The normalized spacial score (nSPS) is 15.9. The molecule has 3 nitrogen and oxygen atoms in total. The summed E-state index contributed by atoms with van der Waals surface area (Å²) in [4.78, 5) is 8.39. The van der Waals surface area contributed by atoms with E-state index >= 15 is 0 Å². The Hall–Kier alpha value is -0.900. The van der Waals surface area contributed by atoms with Crippen molar-refractivity contribution in [2.24, 2.45) is 5.92 Å². The summed E-state index contributed by atoms with van der Waals surface area (Å²) in [7, 11) is 0. The number of anilines is 1. The number of hydrogen-bond donors (Lipinski definition) is 1. The molecule has 0 radical (unpaired) electrons. The molecule has 0 amide bonds. The molecule has 0 spiro atoms. The maximum Gasteiger partial charge on any atom is 0.144 e. The lowest BCUT2D eigenvalue weighted by Crippen LogP contribution is -2.03. The second kappa shape index (κ2) is 4.75. The summed E-state index contributed by atoms with van der Waals surface area (Å²) < 4.78 is 0.910. The van der Waals surface area contributed by atoms with Gasteiger partial charge in [0.2, 0.25) is 0 Å². The van der Waals surface area contributed by atoms with Crippen LogP contribution in [-0.4, -0.2) is 16.5 Å². The minimum Gasteiger partial charge on any atom is -0.366 e. The molecule has 80 valence electrons. The second-order valence-corrected chi connectivity index (χ2v) is 4.61. The van der Waals surface area contributed by atoms with Crippen LogP contribution in [0.5, 0.6) is 0 Å². The van der Waals surface area contributed by atoms with Crippen molar-refractivity contribution in [3.8, 4) is 0 Å². The van der Waals surface area contributed by atoms with Gasteiger partial charge in [0.05, 0.1) is 4.47 Å². The third-order valence-electron chi connectivity index (χ3n) is 2.28. The van der Waals surface area contributed by atoms with Crippen molar-refractivity contribution in [2.45, 2.75) is 19.8 Å². The molecule has 0 atom stereocenters. The number of halogens is 1. The lowest BCUT2D eigenvalue weighted by Gasteiger charge is -2.04. The average molecular weight is 268 g/mol. The van der Waals surface area contributed by atoms with Gasteiger partial charge in [-0.2, -0.15) is 0 Å². The number of aryl methyl sites for hydroxylation is 1. The van der Waals surface area contributed by atoms with Crippen molar-refractivity contribution in [2.75, 3.05) is 11.9 Å². The van der Waals surface area contributed by atoms with Crippen molar-refractivity contribution in [3.05, 3.63) is 28.6 Å². The number of hydrogen-bond acceptors (Lipinski definition) is 3. The molecule has 4 heteroatoms. The number of nitrogens with one attached hydrogen (secondary N) is 1. The minimum absolute atomic E-state index is 0.784. The van der Waals surface area contributed by atoms with Gasteiger partial charge in [-0.05, 0) is 41.6 Å². The largest absolute Gasteiger partial charge is 0.366 e. The standard InChI is InChI=1S/C11H14BrN3/c1-8-14-7-10(12)11(15-8)13-6-2-3-9-4-5-9/h2-3,7,9H,4-6H2,1H3,(H,13,14,15)/b3-2+. The first-order valence-electron chi connectivity index (χ1n) is 5.15. The summed E-state index contributed by atoms with van der Waals surface area (Å²) >= 11 is 3.41. The molecule has 1 aliphatic rings. The van der Waals surface area contributed by atoms with Gasteiger partial charge in [0.1, 0.15) is 11.6 Å². The van der Waals surface area contributed by atoms with E-state index in [-0.39, 0.29) is 0 Å². The summed E-state index contributed by atoms with van der Waals surface area (Å²) in [6.45, 7) is 2.71. The molecule has 1 heterocycles. The Kier molecular flexibility index (Phi) is 3.36. The fraction of sp³-hybridized carbons (Fsp3) is 0.455. The van der Waals surface area contributed by atoms with Crippen LogP contribution >= 0.6 is 15.9 Å². The quantitative estimate of drug-likeness (QED) is 0.853. The summed E-state index contributed by atoms with van der Waals surface area (Å²) in [5.41, 5.74) is 0. The highest BCUT2D eigenvalue weighted by molar-refractivity contribution is 9.10.